The number of ketones is 1. The van der Waals surface area contributed by atoms with Crippen molar-refractivity contribution in [3.63, 3.8) is 0 Å². The molecule has 6 heteroatoms. The number of hydrogen-bond donors (Lipinski definition) is 0. The van der Waals surface area contributed by atoms with Crippen LogP contribution in [0.25, 0.3) is 0 Å². The standard InChI is InChI=1S/C27H18IN3O2/c28-22-14-15-24-29-26(23-9-5-4-8-21(23)16-31(24)17-22)30-27(33)20-12-10-19(11-13-20)25(32)18-6-2-1-3-7-18/h1-15,17H,16H2. The van der Waals surface area contributed by atoms with Gasteiger partial charge in [0.1, 0.15) is 5.84 Å². The zero-order valence-corrected chi connectivity index (χ0v) is 19.6. The molecule has 2 aliphatic heterocycles. The third kappa shape index (κ3) is 4.47. The number of nitrogens with zero attached hydrogens (tertiary/aromatic N) is 3. The molecule has 0 atom stereocenters. The molecule has 1 amide bonds. The van der Waals surface area contributed by atoms with Crippen LogP contribution in [-0.2, 0) is 6.54 Å². The Morgan fingerprint density at radius 2 is 1.48 bits per heavy atom. The molecule has 2 heterocycles. The van der Waals surface area contributed by atoms with E-state index >= 15 is 0 Å². The van der Waals surface area contributed by atoms with Crippen LogP contribution < -0.4 is 0 Å². The summed E-state index contributed by atoms with van der Waals surface area (Å²) in [5.41, 5.74) is 3.41. The lowest BCUT2D eigenvalue weighted by molar-refractivity contribution is 0.0999. The second-order valence-electron chi connectivity index (χ2n) is 7.62. The van der Waals surface area contributed by atoms with Gasteiger partial charge in [0.2, 0.25) is 0 Å². The normalized spacial score (nSPS) is 15.8. The van der Waals surface area contributed by atoms with Gasteiger partial charge in [0.25, 0.3) is 5.91 Å². The molecule has 0 saturated carbocycles. The highest BCUT2D eigenvalue weighted by atomic mass is 127. The van der Waals surface area contributed by atoms with Gasteiger partial charge >= 0.3 is 0 Å². The minimum atomic E-state index is -0.402. The fourth-order valence-electron chi connectivity index (χ4n) is 3.73. The fraction of sp³-hybridized carbons (Fsp3) is 0.0370. The number of carbonyl (C=O) groups is 2. The van der Waals surface area contributed by atoms with Crippen LogP contribution in [0, 0.1) is 0 Å². The highest BCUT2D eigenvalue weighted by Gasteiger charge is 2.22. The van der Waals surface area contributed by atoms with Gasteiger partial charge in [0.15, 0.2) is 11.6 Å². The van der Waals surface area contributed by atoms with Gasteiger partial charge in [-0.2, -0.15) is 4.99 Å². The SMILES string of the molecule is O=C(N=C1N=C2C=CC(I)=CN2Cc2ccccc21)c1ccc(C(=O)c2ccccc2)cc1. The molecule has 3 aromatic rings. The maximum atomic E-state index is 13.0. The number of fused-ring (bicyclic) bond motifs is 2. The molecule has 3 aromatic carbocycles. The predicted octanol–water partition coefficient (Wildman–Crippen LogP) is 5.56. The minimum Gasteiger partial charge on any atom is -0.327 e. The average molecular weight is 543 g/mol. The maximum Gasteiger partial charge on any atom is 0.279 e. The highest BCUT2D eigenvalue weighted by molar-refractivity contribution is 14.1. The lowest BCUT2D eigenvalue weighted by Gasteiger charge is -2.21. The third-order valence-corrected chi connectivity index (χ3v) is 6.06. The number of hydrogen-bond acceptors (Lipinski definition) is 3. The van der Waals surface area contributed by atoms with Crippen molar-refractivity contribution in [1.29, 1.82) is 0 Å². The van der Waals surface area contributed by atoms with Crippen LogP contribution in [0.4, 0.5) is 0 Å². The number of carbonyl (C=O) groups excluding carboxylic acids is 2. The predicted molar refractivity (Wildman–Crippen MR) is 138 cm³/mol. The summed E-state index contributed by atoms with van der Waals surface area (Å²) in [4.78, 5) is 36.8. The second-order valence-corrected chi connectivity index (χ2v) is 8.86. The number of benzene rings is 3. The van der Waals surface area contributed by atoms with Crippen LogP contribution in [0.2, 0.25) is 0 Å². The molecule has 160 valence electrons. The zero-order valence-electron chi connectivity index (χ0n) is 17.5. The number of amidine groups is 2. The third-order valence-electron chi connectivity index (χ3n) is 5.42. The number of halogens is 1. The van der Waals surface area contributed by atoms with Gasteiger partial charge in [0.05, 0.1) is 0 Å². The molecule has 5 nitrogen and oxygen atoms in total. The monoisotopic (exact) mass is 543 g/mol. The average Bonchev–Trinajstić information content (AvgIpc) is 3.00. The summed E-state index contributed by atoms with van der Waals surface area (Å²) in [7, 11) is 0. The van der Waals surface area contributed by atoms with Gasteiger partial charge in [-0.1, -0.05) is 66.7 Å². The first kappa shape index (κ1) is 21.2. The van der Waals surface area contributed by atoms with Crippen molar-refractivity contribution in [2.24, 2.45) is 9.98 Å². The number of rotatable bonds is 3. The molecular formula is C27H18IN3O2. The Morgan fingerprint density at radius 3 is 2.27 bits per heavy atom. The van der Waals surface area contributed by atoms with Crippen LogP contribution in [0.15, 0.2) is 111 Å². The molecule has 0 spiro atoms. The van der Waals surface area contributed by atoms with E-state index in [1.165, 1.54) is 0 Å². The Kier molecular flexibility index (Phi) is 5.83. The first-order valence-electron chi connectivity index (χ1n) is 10.4. The lowest BCUT2D eigenvalue weighted by atomic mass is 10.0. The molecule has 0 radical (unpaired) electrons. The van der Waals surface area contributed by atoms with Gasteiger partial charge in [-0.25, -0.2) is 4.99 Å². The summed E-state index contributed by atoms with van der Waals surface area (Å²) in [5.74, 6) is 0.632. The first-order chi connectivity index (χ1) is 16.1. The van der Waals surface area contributed by atoms with Crippen LogP contribution in [0.5, 0.6) is 0 Å². The first-order valence-corrected chi connectivity index (χ1v) is 11.5. The number of allylic oxidation sites excluding steroid dienone is 2. The van der Waals surface area contributed by atoms with E-state index in [2.05, 4.69) is 32.5 Å². The molecule has 33 heavy (non-hydrogen) atoms. The van der Waals surface area contributed by atoms with E-state index in [1.807, 2.05) is 60.8 Å². The Labute approximate surface area is 205 Å². The van der Waals surface area contributed by atoms with E-state index in [9.17, 15) is 9.59 Å². The molecule has 0 saturated heterocycles. The minimum absolute atomic E-state index is 0.0862. The molecule has 0 fully saturated rings. The van der Waals surface area contributed by atoms with E-state index in [0.29, 0.717) is 29.1 Å². The summed E-state index contributed by atoms with van der Waals surface area (Å²) in [5, 5.41) is 0. The van der Waals surface area contributed by atoms with Gasteiger partial charge in [0, 0.05) is 38.6 Å². The smallest absolute Gasteiger partial charge is 0.279 e. The van der Waals surface area contributed by atoms with Crippen LogP contribution in [-0.4, -0.2) is 28.3 Å². The van der Waals surface area contributed by atoms with E-state index in [4.69, 9.17) is 4.99 Å². The molecule has 0 aliphatic carbocycles. The lowest BCUT2D eigenvalue weighted by Crippen LogP contribution is -2.24. The molecule has 2 aliphatic rings. The molecule has 0 N–H and O–H groups in total. The van der Waals surface area contributed by atoms with E-state index in [0.717, 1.165) is 20.5 Å². The molecule has 5 rings (SSSR count). The largest absolute Gasteiger partial charge is 0.327 e. The maximum absolute atomic E-state index is 13.0. The van der Waals surface area contributed by atoms with Gasteiger partial charge in [-0.05, 0) is 52.4 Å². The van der Waals surface area contributed by atoms with Crippen molar-refractivity contribution in [1.82, 2.24) is 4.90 Å². The van der Waals surface area contributed by atoms with Crippen LogP contribution in [0.1, 0.15) is 37.4 Å². The van der Waals surface area contributed by atoms with Crippen molar-refractivity contribution in [3.05, 3.63) is 129 Å². The second kappa shape index (κ2) is 9.07. The summed E-state index contributed by atoms with van der Waals surface area (Å²) in [6, 6.07) is 23.5. The van der Waals surface area contributed by atoms with Crippen molar-refractivity contribution >= 4 is 46.0 Å². The van der Waals surface area contributed by atoms with E-state index < -0.39 is 5.91 Å². The van der Waals surface area contributed by atoms with Crippen molar-refractivity contribution < 1.29 is 9.59 Å². The van der Waals surface area contributed by atoms with Crippen molar-refractivity contribution in [3.8, 4) is 0 Å². The van der Waals surface area contributed by atoms with Crippen LogP contribution >= 0.6 is 22.6 Å². The molecule has 0 aromatic heterocycles. The molecular weight excluding hydrogens is 525 g/mol. The summed E-state index contributed by atoms with van der Waals surface area (Å²) in [6.45, 7) is 0.648. The Hall–Kier alpha value is -3.65. The summed E-state index contributed by atoms with van der Waals surface area (Å²) < 4.78 is 1.10. The van der Waals surface area contributed by atoms with Crippen molar-refractivity contribution in [2.45, 2.75) is 6.54 Å². The number of aliphatic imine (C=N–C) groups is 2. The molecule has 0 bridgehead atoms. The summed E-state index contributed by atoms with van der Waals surface area (Å²) >= 11 is 2.27. The van der Waals surface area contributed by atoms with E-state index in [-0.39, 0.29) is 5.78 Å². The van der Waals surface area contributed by atoms with Crippen LogP contribution in [0.3, 0.4) is 0 Å². The molecule has 0 unspecified atom stereocenters. The highest BCUT2D eigenvalue weighted by Crippen LogP contribution is 2.24. The van der Waals surface area contributed by atoms with E-state index in [1.54, 1.807) is 36.4 Å². The van der Waals surface area contributed by atoms with Crippen molar-refractivity contribution in [2.75, 3.05) is 0 Å². The Bertz CT molecular complexity index is 1370. The topological polar surface area (TPSA) is 62.1 Å². The van der Waals surface area contributed by atoms with Gasteiger partial charge < -0.3 is 4.90 Å². The quantitative estimate of drug-likeness (QED) is 0.321. The fourth-order valence-corrected chi connectivity index (χ4v) is 4.25. The van der Waals surface area contributed by atoms with Gasteiger partial charge in [-0.3, -0.25) is 9.59 Å². The summed E-state index contributed by atoms with van der Waals surface area (Å²) in [6.07, 6.45) is 5.94. The van der Waals surface area contributed by atoms with Gasteiger partial charge in [-0.15, -0.1) is 0 Å². The number of amides is 1. The Morgan fingerprint density at radius 1 is 0.818 bits per heavy atom. The Balaban J connectivity index is 1.47. The zero-order chi connectivity index (χ0) is 22.8.